The Labute approximate surface area is 129 Å². The molecule has 1 aromatic carbocycles. The highest BCUT2D eigenvalue weighted by Gasteiger charge is 2.49. The van der Waals surface area contributed by atoms with Crippen molar-refractivity contribution in [2.45, 2.75) is 37.6 Å². The number of amides is 1. The van der Waals surface area contributed by atoms with E-state index >= 15 is 0 Å². The normalized spacial score (nSPS) is 29.4. The summed E-state index contributed by atoms with van der Waals surface area (Å²) in [6.07, 6.45) is 3.97. The molecule has 2 aliphatic heterocycles. The molecule has 1 N–H and O–H groups in total. The van der Waals surface area contributed by atoms with E-state index in [-0.39, 0.29) is 25.4 Å². The summed E-state index contributed by atoms with van der Waals surface area (Å²) in [5.41, 5.74) is -0.339. The number of nitrogens with one attached hydrogen (secondary N) is 1. The van der Waals surface area contributed by atoms with Crippen LogP contribution in [0.4, 0.5) is 4.79 Å². The highest BCUT2D eigenvalue weighted by atomic mass is 16.6. The number of carbonyl (C=O) groups excluding carboxylic acids is 2. The number of hydrogen-bond acceptors (Lipinski definition) is 4. The minimum atomic E-state index is -0.726. The van der Waals surface area contributed by atoms with Gasteiger partial charge in [-0.15, -0.1) is 0 Å². The van der Waals surface area contributed by atoms with Gasteiger partial charge in [0.05, 0.1) is 12.1 Å². The summed E-state index contributed by atoms with van der Waals surface area (Å²) in [6, 6.07) is 9.46. The third-order valence-electron chi connectivity index (χ3n) is 3.97. The molecule has 1 aromatic rings. The van der Waals surface area contributed by atoms with Crippen LogP contribution in [0.25, 0.3) is 0 Å². The third-order valence-corrected chi connectivity index (χ3v) is 3.97. The first-order chi connectivity index (χ1) is 10.5. The molecule has 0 radical (unpaired) electrons. The van der Waals surface area contributed by atoms with Crippen LogP contribution in [0.15, 0.2) is 42.5 Å². The van der Waals surface area contributed by atoms with Gasteiger partial charge in [-0.3, -0.25) is 4.79 Å². The van der Waals surface area contributed by atoms with E-state index in [9.17, 15) is 9.59 Å². The molecule has 1 saturated heterocycles. The molecule has 1 fully saturated rings. The van der Waals surface area contributed by atoms with Crippen molar-refractivity contribution in [3.63, 3.8) is 0 Å². The van der Waals surface area contributed by atoms with Gasteiger partial charge in [0, 0.05) is 12.8 Å². The average Bonchev–Trinajstić information content (AvgIpc) is 2.74. The maximum absolute atomic E-state index is 11.8. The number of fused-ring (bicyclic) bond motifs is 2. The molecular weight excluding hydrogens is 282 g/mol. The second kappa shape index (κ2) is 5.57. The third kappa shape index (κ3) is 3.20. The number of rotatable bonds is 4. The van der Waals surface area contributed by atoms with Crippen LogP contribution in [0.3, 0.4) is 0 Å². The summed E-state index contributed by atoms with van der Waals surface area (Å²) in [6.45, 7) is 2.33. The van der Waals surface area contributed by atoms with Crippen molar-refractivity contribution in [3.05, 3.63) is 48.0 Å². The maximum Gasteiger partial charge on any atom is 0.407 e. The molecule has 22 heavy (non-hydrogen) atoms. The molecule has 0 spiro atoms. The molecule has 5 nitrogen and oxygen atoms in total. The molecular formula is C17H19NO4. The van der Waals surface area contributed by atoms with Gasteiger partial charge >= 0.3 is 6.09 Å². The summed E-state index contributed by atoms with van der Waals surface area (Å²) in [5, 5.41) is 2.69. The largest absolute Gasteiger partial charge is 0.445 e. The molecule has 2 aliphatic rings. The fourth-order valence-corrected chi connectivity index (χ4v) is 2.99. The maximum atomic E-state index is 11.8. The number of benzene rings is 1. The Morgan fingerprint density at radius 1 is 1.27 bits per heavy atom. The van der Waals surface area contributed by atoms with Gasteiger partial charge in [-0.25, -0.2) is 4.79 Å². The quantitative estimate of drug-likeness (QED) is 0.867. The summed E-state index contributed by atoms with van der Waals surface area (Å²) >= 11 is 0. The first kappa shape index (κ1) is 14.8. The van der Waals surface area contributed by atoms with Crippen LogP contribution in [0.1, 0.15) is 25.3 Å². The molecule has 2 unspecified atom stereocenters. The van der Waals surface area contributed by atoms with Gasteiger partial charge < -0.3 is 14.8 Å². The molecule has 2 atom stereocenters. The lowest BCUT2D eigenvalue weighted by atomic mass is 9.91. The van der Waals surface area contributed by atoms with E-state index in [4.69, 9.17) is 9.47 Å². The van der Waals surface area contributed by atoms with Crippen LogP contribution in [0.5, 0.6) is 0 Å². The molecule has 1 amide bonds. The Morgan fingerprint density at radius 2 is 2.05 bits per heavy atom. The zero-order valence-electron chi connectivity index (χ0n) is 12.5. The average molecular weight is 301 g/mol. The Bertz CT molecular complexity index is 612. The SMILES string of the molecule is CC12C=CC(CNC(=O)OCc3ccccc3)(CC(=O)C1)O2. The fourth-order valence-electron chi connectivity index (χ4n) is 2.99. The number of hydrogen-bond donors (Lipinski definition) is 1. The molecule has 0 aliphatic carbocycles. The van der Waals surface area contributed by atoms with Crippen molar-refractivity contribution in [1.82, 2.24) is 5.32 Å². The van der Waals surface area contributed by atoms with E-state index in [1.165, 1.54) is 0 Å². The van der Waals surface area contributed by atoms with E-state index < -0.39 is 17.3 Å². The zero-order valence-corrected chi connectivity index (χ0v) is 12.5. The van der Waals surface area contributed by atoms with Crippen LogP contribution < -0.4 is 5.32 Å². The van der Waals surface area contributed by atoms with Crippen LogP contribution >= 0.6 is 0 Å². The summed E-state index contributed by atoms with van der Waals surface area (Å²) in [7, 11) is 0. The summed E-state index contributed by atoms with van der Waals surface area (Å²) < 4.78 is 11.1. The minimum Gasteiger partial charge on any atom is -0.445 e. The highest BCUT2D eigenvalue weighted by molar-refractivity contribution is 5.83. The molecule has 5 heteroatoms. The topological polar surface area (TPSA) is 64.6 Å². The van der Waals surface area contributed by atoms with Gasteiger partial charge in [0.2, 0.25) is 0 Å². The van der Waals surface area contributed by atoms with Gasteiger partial charge in [0.1, 0.15) is 18.0 Å². The zero-order chi connectivity index (χ0) is 15.6. The standard InChI is InChI=1S/C17H19NO4/c1-16-7-8-17(22-16,10-14(19)9-16)12-18-15(20)21-11-13-5-3-2-4-6-13/h2-8H,9-12H2,1H3,(H,18,20). The van der Waals surface area contributed by atoms with E-state index in [1.807, 2.05) is 49.4 Å². The van der Waals surface area contributed by atoms with Crippen molar-refractivity contribution in [2.75, 3.05) is 6.54 Å². The first-order valence-electron chi connectivity index (χ1n) is 7.36. The second-order valence-corrected chi connectivity index (χ2v) is 6.12. The molecule has 2 heterocycles. The molecule has 0 saturated carbocycles. The fraction of sp³-hybridized carbons (Fsp3) is 0.412. The Balaban J connectivity index is 1.51. The second-order valence-electron chi connectivity index (χ2n) is 6.12. The Kier molecular flexibility index (Phi) is 3.74. The Morgan fingerprint density at radius 3 is 2.82 bits per heavy atom. The van der Waals surface area contributed by atoms with Gasteiger partial charge in [-0.2, -0.15) is 0 Å². The van der Waals surface area contributed by atoms with E-state index in [0.717, 1.165) is 5.56 Å². The monoisotopic (exact) mass is 301 g/mol. The Hall–Kier alpha value is -2.14. The summed E-state index contributed by atoms with van der Waals surface area (Å²) in [5.74, 6) is 0.151. The van der Waals surface area contributed by atoms with Crippen molar-refractivity contribution >= 4 is 11.9 Å². The van der Waals surface area contributed by atoms with E-state index in [1.54, 1.807) is 0 Å². The molecule has 116 valence electrons. The van der Waals surface area contributed by atoms with Gasteiger partial charge in [0.25, 0.3) is 0 Å². The number of ketones is 1. The lowest BCUT2D eigenvalue weighted by molar-refractivity contribution is -0.150. The van der Waals surface area contributed by atoms with Crippen LogP contribution in [-0.2, 0) is 20.9 Å². The van der Waals surface area contributed by atoms with Crippen LogP contribution in [-0.4, -0.2) is 29.6 Å². The highest BCUT2D eigenvalue weighted by Crippen LogP contribution is 2.40. The lowest BCUT2D eigenvalue weighted by Crippen LogP contribution is -2.50. The predicted molar refractivity (Wildman–Crippen MR) is 80.2 cm³/mol. The molecule has 2 bridgehead atoms. The minimum absolute atomic E-state index is 0.151. The molecule has 0 aromatic heterocycles. The van der Waals surface area contributed by atoms with E-state index in [2.05, 4.69) is 5.32 Å². The first-order valence-corrected chi connectivity index (χ1v) is 7.36. The van der Waals surface area contributed by atoms with Gasteiger partial charge in [0.15, 0.2) is 0 Å². The summed E-state index contributed by atoms with van der Waals surface area (Å²) in [4.78, 5) is 23.6. The van der Waals surface area contributed by atoms with Crippen LogP contribution in [0, 0.1) is 0 Å². The van der Waals surface area contributed by atoms with E-state index in [0.29, 0.717) is 6.42 Å². The van der Waals surface area contributed by atoms with Crippen molar-refractivity contribution in [2.24, 2.45) is 0 Å². The van der Waals surface area contributed by atoms with Gasteiger partial charge in [-0.05, 0) is 12.5 Å². The van der Waals surface area contributed by atoms with Crippen molar-refractivity contribution in [1.29, 1.82) is 0 Å². The van der Waals surface area contributed by atoms with Gasteiger partial charge in [-0.1, -0.05) is 42.5 Å². The number of Topliss-reactive ketones (excluding diaryl/α,β-unsaturated/α-hetero) is 1. The number of ether oxygens (including phenoxy) is 2. The van der Waals surface area contributed by atoms with Crippen LogP contribution in [0.2, 0.25) is 0 Å². The number of carbonyl (C=O) groups is 2. The van der Waals surface area contributed by atoms with Crippen molar-refractivity contribution < 1.29 is 19.1 Å². The predicted octanol–water partition coefficient (Wildman–Crippen LogP) is 2.36. The number of alkyl carbamates (subject to hydrolysis) is 1. The van der Waals surface area contributed by atoms with Crippen molar-refractivity contribution in [3.8, 4) is 0 Å². The smallest absolute Gasteiger partial charge is 0.407 e. The molecule has 3 rings (SSSR count). The lowest BCUT2D eigenvalue weighted by Gasteiger charge is -2.37.